The number of nitrogens with two attached hydrogens (primary N) is 1. The lowest BCUT2D eigenvalue weighted by Gasteiger charge is -2.18. The molecule has 0 radical (unpaired) electrons. The molecule has 0 aliphatic rings. The van der Waals surface area contributed by atoms with Gasteiger partial charge in [-0.25, -0.2) is 14.8 Å². The number of halogens is 3. The van der Waals surface area contributed by atoms with Crippen LogP contribution in [0, 0.1) is 0 Å². The second kappa shape index (κ2) is 6.51. The first-order valence-electron chi connectivity index (χ1n) is 5.83. The third-order valence-corrected chi connectivity index (χ3v) is 2.35. The maximum absolute atomic E-state index is 12.9. The van der Waals surface area contributed by atoms with Gasteiger partial charge in [-0.15, -0.1) is 0 Å². The molecule has 0 unspecified atom stereocenters. The monoisotopic (exact) mass is 292 g/mol. The largest absolute Gasteiger partial charge is 0.462 e. The number of hydrogen-bond donors (Lipinski definition) is 1. The molecule has 0 aromatic carbocycles. The van der Waals surface area contributed by atoms with Crippen LogP contribution in [0.15, 0.2) is 6.20 Å². The Morgan fingerprint density at radius 1 is 1.50 bits per heavy atom. The van der Waals surface area contributed by atoms with Crippen LogP contribution in [-0.2, 0) is 10.9 Å². The number of ether oxygens (including phenoxy) is 1. The number of likely N-dealkylation sites (N-methyl/N-ethyl adjacent to an activating group) is 1. The average Bonchev–Trinajstić information content (AvgIpc) is 2.37. The van der Waals surface area contributed by atoms with Crippen LogP contribution in [0.25, 0.3) is 0 Å². The Morgan fingerprint density at radius 3 is 2.65 bits per heavy atom. The maximum Gasteiger partial charge on any atom is 0.434 e. The molecule has 0 bridgehead atoms. The van der Waals surface area contributed by atoms with Crippen molar-refractivity contribution in [1.82, 2.24) is 9.97 Å². The molecular weight excluding hydrogens is 277 g/mol. The fourth-order valence-corrected chi connectivity index (χ4v) is 1.42. The SMILES string of the molecule is CCOC(=O)c1cnc(N(C)CCN)nc1C(F)(F)F. The summed E-state index contributed by atoms with van der Waals surface area (Å²) in [7, 11) is 1.51. The van der Waals surface area contributed by atoms with E-state index in [0.717, 1.165) is 6.20 Å². The lowest BCUT2D eigenvalue weighted by atomic mass is 10.2. The number of anilines is 1. The molecule has 0 aliphatic carbocycles. The highest BCUT2D eigenvalue weighted by atomic mass is 19.4. The number of carbonyl (C=O) groups is 1. The Morgan fingerprint density at radius 2 is 2.15 bits per heavy atom. The molecule has 0 spiro atoms. The van der Waals surface area contributed by atoms with Crippen molar-refractivity contribution in [3.8, 4) is 0 Å². The van der Waals surface area contributed by atoms with Gasteiger partial charge < -0.3 is 15.4 Å². The van der Waals surface area contributed by atoms with E-state index < -0.39 is 23.4 Å². The zero-order valence-corrected chi connectivity index (χ0v) is 11.1. The van der Waals surface area contributed by atoms with Crippen molar-refractivity contribution in [3.63, 3.8) is 0 Å². The highest BCUT2D eigenvalue weighted by Crippen LogP contribution is 2.31. The normalized spacial score (nSPS) is 11.3. The van der Waals surface area contributed by atoms with Crippen molar-refractivity contribution in [2.75, 3.05) is 31.6 Å². The summed E-state index contributed by atoms with van der Waals surface area (Å²) in [5.74, 6) is -1.26. The van der Waals surface area contributed by atoms with Gasteiger partial charge in [-0.3, -0.25) is 0 Å². The number of carbonyl (C=O) groups excluding carboxylic acids is 1. The van der Waals surface area contributed by atoms with Crippen LogP contribution in [0.5, 0.6) is 0 Å². The smallest absolute Gasteiger partial charge is 0.434 e. The molecule has 0 atom stereocenters. The van der Waals surface area contributed by atoms with Gasteiger partial charge >= 0.3 is 12.1 Å². The standard InChI is InChI=1S/C11H15F3N4O2/c1-3-20-9(19)7-6-16-10(18(2)5-4-15)17-8(7)11(12,13)14/h6H,3-5,15H2,1-2H3. The van der Waals surface area contributed by atoms with E-state index in [2.05, 4.69) is 14.7 Å². The first-order chi connectivity index (χ1) is 9.31. The number of esters is 1. The summed E-state index contributed by atoms with van der Waals surface area (Å²) in [6.07, 6.45) is -3.96. The molecule has 0 aliphatic heterocycles. The molecule has 0 fully saturated rings. The van der Waals surface area contributed by atoms with Crippen molar-refractivity contribution in [3.05, 3.63) is 17.5 Å². The Balaban J connectivity index is 3.24. The van der Waals surface area contributed by atoms with E-state index in [0.29, 0.717) is 0 Å². The van der Waals surface area contributed by atoms with Gasteiger partial charge in [-0.05, 0) is 6.92 Å². The zero-order valence-electron chi connectivity index (χ0n) is 11.1. The second-order valence-electron chi connectivity index (χ2n) is 3.86. The van der Waals surface area contributed by atoms with Crippen molar-refractivity contribution < 1.29 is 22.7 Å². The van der Waals surface area contributed by atoms with E-state index in [1.54, 1.807) is 0 Å². The minimum absolute atomic E-state index is 0.0367. The highest BCUT2D eigenvalue weighted by Gasteiger charge is 2.38. The lowest BCUT2D eigenvalue weighted by Crippen LogP contribution is -2.28. The van der Waals surface area contributed by atoms with Crippen molar-refractivity contribution in [2.45, 2.75) is 13.1 Å². The van der Waals surface area contributed by atoms with E-state index in [9.17, 15) is 18.0 Å². The van der Waals surface area contributed by atoms with Crippen molar-refractivity contribution >= 4 is 11.9 Å². The van der Waals surface area contributed by atoms with Gasteiger partial charge in [0.25, 0.3) is 0 Å². The van der Waals surface area contributed by atoms with E-state index in [-0.39, 0.29) is 25.6 Å². The quantitative estimate of drug-likeness (QED) is 0.817. The Labute approximate surface area is 113 Å². The fraction of sp³-hybridized carbons (Fsp3) is 0.545. The van der Waals surface area contributed by atoms with Gasteiger partial charge in [0.15, 0.2) is 5.69 Å². The molecule has 0 amide bonds. The topological polar surface area (TPSA) is 81.3 Å². The minimum atomic E-state index is -4.77. The molecule has 112 valence electrons. The first-order valence-corrected chi connectivity index (χ1v) is 5.83. The molecule has 1 aromatic rings. The van der Waals surface area contributed by atoms with Crippen LogP contribution in [0.2, 0.25) is 0 Å². The zero-order chi connectivity index (χ0) is 15.3. The summed E-state index contributed by atoms with van der Waals surface area (Å²) >= 11 is 0. The van der Waals surface area contributed by atoms with Crippen LogP contribution in [0.1, 0.15) is 23.0 Å². The number of aromatic nitrogens is 2. The van der Waals surface area contributed by atoms with Gasteiger partial charge in [0.05, 0.1) is 6.61 Å². The predicted molar refractivity (Wildman–Crippen MR) is 65.3 cm³/mol. The first kappa shape index (κ1) is 16.2. The second-order valence-corrected chi connectivity index (χ2v) is 3.86. The third kappa shape index (κ3) is 3.80. The van der Waals surface area contributed by atoms with Crippen LogP contribution in [0.3, 0.4) is 0 Å². The van der Waals surface area contributed by atoms with E-state index in [1.165, 1.54) is 18.9 Å². The van der Waals surface area contributed by atoms with Crippen LogP contribution in [-0.4, -0.2) is 42.7 Å². The summed E-state index contributed by atoms with van der Waals surface area (Å²) in [4.78, 5) is 20.0. The summed E-state index contributed by atoms with van der Waals surface area (Å²) in [5, 5.41) is 0. The van der Waals surface area contributed by atoms with E-state index in [1.807, 2.05) is 0 Å². The summed E-state index contributed by atoms with van der Waals surface area (Å²) in [5.41, 5.74) is 3.30. The lowest BCUT2D eigenvalue weighted by molar-refractivity contribution is -0.141. The molecule has 6 nitrogen and oxygen atoms in total. The number of rotatable bonds is 5. The molecular formula is C11H15F3N4O2. The van der Waals surface area contributed by atoms with Crippen LogP contribution in [0.4, 0.5) is 19.1 Å². The maximum atomic E-state index is 12.9. The molecule has 1 heterocycles. The molecule has 1 aromatic heterocycles. The van der Waals surface area contributed by atoms with E-state index in [4.69, 9.17) is 5.73 Å². The number of nitrogens with zero attached hydrogens (tertiary/aromatic N) is 3. The third-order valence-electron chi connectivity index (χ3n) is 2.35. The molecule has 9 heteroatoms. The van der Waals surface area contributed by atoms with Gasteiger partial charge in [-0.1, -0.05) is 0 Å². The number of hydrogen-bond acceptors (Lipinski definition) is 6. The summed E-state index contributed by atoms with van der Waals surface area (Å²) in [6, 6.07) is 0. The average molecular weight is 292 g/mol. The van der Waals surface area contributed by atoms with Gasteiger partial charge in [0.2, 0.25) is 5.95 Å². The van der Waals surface area contributed by atoms with Crippen LogP contribution < -0.4 is 10.6 Å². The highest BCUT2D eigenvalue weighted by molar-refractivity contribution is 5.90. The minimum Gasteiger partial charge on any atom is -0.462 e. The summed E-state index contributed by atoms with van der Waals surface area (Å²) < 4.78 is 43.4. The van der Waals surface area contributed by atoms with Crippen molar-refractivity contribution in [2.24, 2.45) is 5.73 Å². The molecule has 2 N–H and O–H groups in total. The van der Waals surface area contributed by atoms with Gasteiger partial charge in [0.1, 0.15) is 5.56 Å². The Kier molecular flexibility index (Phi) is 5.26. The Bertz CT molecular complexity index is 479. The van der Waals surface area contributed by atoms with Gasteiger partial charge in [0, 0.05) is 26.3 Å². The van der Waals surface area contributed by atoms with Crippen LogP contribution >= 0.6 is 0 Å². The fourth-order valence-electron chi connectivity index (χ4n) is 1.42. The molecule has 1 rings (SSSR count). The molecule has 0 saturated heterocycles. The molecule has 0 saturated carbocycles. The van der Waals surface area contributed by atoms with Gasteiger partial charge in [-0.2, -0.15) is 13.2 Å². The Hall–Kier alpha value is -1.90. The summed E-state index contributed by atoms with van der Waals surface area (Å²) in [6.45, 7) is 1.98. The van der Waals surface area contributed by atoms with E-state index >= 15 is 0 Å². The number of alkyl halides is 3. The predicted octanol–water partition coefficient (Wildman–Crippen LogP) is 1.07. The molecule has 20 heavy (non-hydrogen) atoms. The van der Waals surface area contributed by atoms with Crippen molar-refractivity contribution in [1.29, 1.82) is 0 Å².